The number of aryl methyl sites for hydroxylation is 2. The van der Waals surface area contributed by atoms with Crippen LogP contribution in [0.1, 0.15) is 57.3 Å². The quantitative estimate of drug-likeness (QED) is 0.905. The lowest BCUT2D eigenvalue weighted by Gasteiger charge is -2.47. The molecule has 21 heavy (non-hydrogen) atoms. The highest BCUT2D eigenvalue weighted by Crippen LogP contribution is 2.32. The van der Waals surface area contributed by atoms with Crippen molar-refractivity contribution in [3.8, 4) is 0 Å². The van der Waals surface area contributed by atoms with Gasteiger partial charge in [0.25, 0.3) is 0 Å². The predicted octanol–water partition coefficient (Wildman–Crippen LogP) is 2.57. The number of fused-ring (bicyclic) bond motifs is 2. The van der Waals surface area contributed by atoms with Crippen LogP contribution in [0.25, 0.3) is 0 Å². The van der Waals surface area contributed by atoms with Gasteiger partial charge in [0.15, 0.2) is 0 Å². The maximum Gasteiger partial charge on any atom is 0.0625 e. The summed E-state index contributed by atoms with van der Waals surface area (Å²) in [5, 5.41) is 8.46. The number of hydrogen-bond donors (Lipinski definition) is 1. The van der Waals surface area contributed by atoms with E-state index in [0.717, 1.165) is 31.6 Å². The second-order valence-electron chi connectivity index (χ2n) is 6.75. The Labute approximate surface area is 128 Å². The standard InChI is InChI=1S/C17H30N4/c1-4-13-9-17(21(5-2)19-13)12-18-14-10-15-7-6-8-16(11-14)20(15)3/h9,14-16,18H,4-8,10-12H2,1-3H3. The lowest BCUT2D eigenvalue weighted by atomic mass is 9.82. The molecule has 118 valence electrons. The van der Waals surface area contributed by atoms with Gasteiger partial charge in [-0.25, -0.2) is 0 Å². The summed E-state index contributed by atoms with van der Waals surface area (Å²) in [6.07, 6.45) is 7.85. The fraction of sp³-hybridized carbons (Fsp3) is 0.824. The zero-order valence-electron chi connectivity index (χ0n) is 13.8. The smallest absolute Gasteiger partial charge is 0.0625 e. The summed E-state index contributed by atoms with van der Waals surface area (Å²) in [5.41, 5.74) is 2.56. The van der Waals surface area contributed by atoms with Gasteiger partial charge in [-0.1, -0.05) is 13.3 Å². The van der Waals surface area contributed by atoms with E-state index in [0.29, 0.717) is 6.04 Å². The highest BCUT2D eigenvalue weighted by Gasteiger charge is 2.35. The van der Waals surface area contributed by atoms with Crippen molar-refractivity contribution >= 4 is 0 Å². The van der Waals surface area contributed by atoms with Crippen LogP contribution in [0.4, 0.5) is 0 Å². The number of piperidine rings is 2. The van der Waals surface area contributed by atoms with Crippen LogP contribution in [-0.4, -0.2) is 39.9 Å². The molecule has 2 bridgehead atoms. The number of aromatic nitrogens is 2. The second kappa shape index (κ2) is 6.49. The van der Waals surface area contributed by atoms with E-state index in [9.17, 15) is 0 Å². The maximum absolute atomic E-state index is 4.65. The van der Waals surface area contributed by atoms with E-state index in [1.54, 1.807) is 0 Å². The third kappa shape index (κ3) is 3.16. The fourth-order valence-corrected chi connectivity index (χ4v) is 4.14. The van der Waals surface area contributed by atoms with Crippen molar-refractivity contribution in [2.45, 2.75) is 83.6 Å². The minimum atomic E-state index is 0.682. The van der Waals surface area contributed by atoms with E-state index in [-0.39, 0.29) is 0 Å². The molecule has 0 saturated carbocycles. The van der Waals surface area contributed by atoms with Crippen molar-refractivity contribution in [1.29, 1.82) is 0 Å². The summed E-state index contributed by atoms with van der Waals surface area (Å²) in [7, 11) is 2.32. The van der Waals surface area contributed by atoms with Gasteiger partial charge in [0, 0.05) is 31.2 Å². The normalized spacial score (nSPS) is 29.8. The monoisotopic (exact) mass is 290 g/mol. The molecule has 0 aromatic carbocycles. The van der Waals surface area contributed by atoms with Gasteiger partial charge in [0.1, 0.15) is 0 Å². The number of nitrogens with zero attached hydrogens (tertiary/aromatic N) is 3. The van der Waals surface area contributed by atoms with Crippen LogP contribution in [0.5, 0.6) is 0 Å². The number of rotatable bonds is 5. The van der Waals surface area contributed by atoms with Gasteiger partial charge >= 0.3 is 0 Å². The molecule has 0 amide bonds. The predicted molar refractivity (Wildman–Crippen MR) is 86.3 cm³/mol. The minimum Gasteiger partial charge on any atom is -0.308 e. The second-order valence-corrected chi connectivity index (χ2v) is 6.75. The molecule has 2 atom stereocenters. The van der Waals surface area contributed by atoms with E-state index in [1.807, 2.05) is 0 Å². The lowest BCUT2D eigenvalue weighted by molar-refractivity contribution is 0.0481. The molecule has 2 aliphatic rings. The van der Waals surface area contributed by atoms with Gasteiger partial charge in [0.05, 0.1) is 11.4 Å². The Morgan fingerprint density at radius 2 is 1.95 bits per heavy atom. The molecule has 1 aromatic heterocycles. The molecular formula is C17H30N4. The summed E-state index contributed by atoms with van der Waals surface area (Å²) in [4.78, 5) is 2.63. The van der Waals surface area contributed by atoms with E-state index in [1.165, 1.54) is 43.5 Å². The third-order valence-electron chi connectivity index (χ3n) is 5.49. The maximum atomic E-state index is 4.65. The summed E-state index contributed by atoms with van der Waals surface area (Å²) >= 11 is 0. The Morgan fingerprint density at radius 3 is 2.57 bits per heavy atom. The van der Waals surface area contributed by atoms with Crippen LogP contribution in [0.3, 0.4) is 0 Å². The molecule has 3 heterocycles. The molecule has 2 fully saturated rings. The van der Waals surface area contributed by atoms with Crippen LogP contribution in [0.15, 0.2) is 6.07 Å². The SMILES string of the molecule is CCc1cc(CNC2CC3CCCC(C2)N3C)n(CC)n1. The first-order valence-corrected chi connectivity index (χ1v) is 8.72. The van der Waals surface area contributed by atoms with Crippen LogP contribution in [-0.2, 0) is 19.5 Å². The third-order valence-corrected chi connectivity index (χ3v) is 5.49. The number of nitrogens with one attached hydrogen (secondary N) is 1. The Balaban J connectivity index is 1.59. The highest BCUT2D eigenvalue weighted by atomic mass is 15.3. The van der Waals surface area contributed by atoms with Gasteiger partial charge < -0.3 is 10.2 Å². The Kier molecular flexibility index (Phi) is 4.65. The van der Waals surface area contributed by atoms with Crippen molar-refractivity contribution in [3.05, 3.63) is 17.5 Å². The fourth-order valence-electron chi connectivity index (χ4n) is 4.14. The van der Waals surface area contributed by atoms with Crippen molar-refractivity contribution in [1.82, 2.24) is 20.0 Å². The van der Waals surface area contributed by atoms with Crippen LogP contribution in [0, 0.1) is 0 Å². The molecular weight excluding hydrogens is 260 g/mol. The molecule has 3 rings (SSSR count). The van der Waals surface area contributed by atoms with Gasteiger partial charge in [-0.05, 0) is 52.1 Å². The van der Waals surface area contributed by atoms with E-state index < -0.39 is 0 Å². The average Bonchev–Trinajstić information content (AvgIpc) is 2.88. The van der Waals surface area contributed by atoms with Gasteiger partial charge in [0.2, 0.25) is 0 Å². The topological polar surface area (TPSA) is 33.1 Å². The van der Waals surface area contributed by atoms with Gasteiger partial charge in [-0.2, -0.15) is 5.10 Å². The first-order valence-electron chi connectivity index (χ1n) is 8.72. The Morgan fingerprint density at radius 1 is 1.24 bits per heavy atom. The first kappa shape index (κ1) is 15.0. The average molecular weight is 290 g/mol. The minimum absolute atomic E-state index is 0.682. The molecule has 0 spiro atoms. The van der Waals surface area contributed by atoms with Crippen molar-refractivity contribution in [2.75, 3.05) is 7.05 Å². The molecule has 2 aliphatic heterocycles. The van der Waals surface area contributed by atoms with Crippen LogP contribution >= 0.6 is 0 Å². The van der Waals surface area contributed by atoms with Crippen molar-refractivity contribution in [2.24, 2.45) is 0 Å². The van der Waals surface area contributed by atoms with Crippen LogP contribution in [0.2, 0.25) is 0 Å². The summed E-state index contributed by atoms with van der Waals surface area (Å²) in [6, 6.07) is 4.56. The van der Waals surface area contributed by atoms with Gasteiger partial charge in [-0.3, -0.25) is 4.68 Å². The zero-order chi connectivity index (χ0) is 14.8. The largest absolute Gasteiger partial charge is 0.308 e. The van der Waals surface area contributed by atoms with E-state index in [2.05, 4.69) is 47.0 Å². The molecule has 2 unspecified atom stereocenters. The van der Waals surface area contributed by atoms with Crippen LogP contribution < -0.4 is 5.32 Å². The number of hydrogen-bond acceptors (Lipinski definition) is 3. The summed E-state index contributed by atoms with van der Waals surface area (Å²) < 4.78 is 2.15. The zero-order valence-corrected chi connectivity index (χ0v) is 13.8. The first-order chi connectivity index (χ1) is 10.2. The molecule has 0 radical (unpaired) electrons. The van der Waals surface area contributed by atoms with Gasteiger partial charge in [-0.15, -0.1) is 0 Å². The lowest BCUT2D eigenvalue weighted by Crippen LogP contribution is -2.54. The molecule has 2 saturated heterocycles. The molecule has 4 heteroatoms. The van der Waals surface area contributed by atoms with Crippen molar-refractivity contribution < 1.29 is 0 Å². The van der Waals surface area contributed by atoms with Crippen molar-refractivity contribution in [3.63, 3.8) is 0 Å². The summed E-state index contributed by atoms with van der Waals surface area (Å²) in [5.74, 6) is 0. The highest BCUT2D eigenvalue weighted by molar-refractivity contribution is 5.10. The molecule has 1 N–H and O–H groups in total. The molecule has 1 aromatic rings. The summed E-state index contributed by atoms with van der Waals surface area (Å²) in [6.45, 7) is 6.29. The Bertz CT molecular complexity index is 453. The molecule has 4 nitrogen and oxygen atoms in total. The molecule has 0 aliphatic carbocycles. The Hall–Kier alpha value is -0.870. The van der Waals surface area contributed by atoms with E-state index >= 15 is 0 Å². The van der Waals surface area contributed by atoms with E-state index in [4.69, 9.17) is 0 Å².